The van der Waals surface area contributed by atoms with Crippen LogP contribution in [0.5, 0.6) is 11.5 Å². The summed E-state index contributed by atoms with van der Waals surface area (Å²) in [5.74, 6) is 1.43. The van der Waals surface area contributed by atoms with Crippen molar-refractivity contribution in [2.75, 3.05) is 14.2 Å². The van der Waals surface area contributed by atoms with E-state index in [9.17, 15) is 8.42 Å². The molecular weight excluding hydrogens is 316 g/mol. The summed E-state index contributed by atoms with van der Waals surface area (Å²) < 4.78 is 40.2. The number of benzene rings is 2. The second kappa shape index (κ2) is 5.86. The minimum absolute atomic E-state index is 0.148. The van der Waals surface area contributed by atoms with E-state index in [0.717, 1.165) is 24.0 Å². The molecule has 0 amide bonds. The van der Waals surface area contributed by atoms with E-state index in [1.54, 1.807) is 19.2 Å². The van der Waals surface area contributed by atoms with Gasteiger partial charge in [-0.15, -0.1) is 0 Å². The van der Waals surface area contributed by atoms with Gasteiger partial charge >= 0.3 is 0 Å². The van der Waals surface area contributed by atoms with Gasteiger partial charge in [0.2, 0.25) is 0 Å². The van der Waals surface area contributed by atoms with Crippen molar-refractivity contribution in [1.29, 1.82) is 0 Å². The molecule has 1 aliphatic heterocycles. The third-order valence-corrected chi connectivity index (χ3v) is 5.30. The molecule has 1 heterocycles. The molecule has 0 bridgehead atoms. The molecular formula is C17H18O5S. The summed E-state index contributed by atoms with van der Waals surface area (Å²) in [4.78, 5) is 0.148. The lowest BCUT2D eigenvalue weighted by molar-refractivity contribution is 0.233. The normalized spacial score (nSPS) is 16.7. The number of hydrogen-bond donors (Lipinski definition) is 0. The molecule has 0 fully saturated rings. The Kier molecular flexibility index (Phi) is 4.04. The fraction of sp³-hybridized carbons (Fsp3) is 0.294. The molecule has 0 radical (unpaired) electrons. The van der Waals surface area contributed by atoms with Crippen molar-refractivity contribution in [3.8, 4) is 11.5 Å². The number of methoxy groups -OCH3 is 1. The van der Waals surface area contributed by atoms with Crippen molar-refractivity contribution in [3.05, 3.63) is 53.1 Å². The number of fused-ring (bicyclic) bond motifs is 1. The van der Waals surface area contributed by atoms with E-state index in [1.165, 1.54) is 0 Å². The highest BCUT2D eigenvalue weighted by atomic mass is 32.2. The maximum absolute atomic E-state index is 12.2. The molecule has 0 saturated heterocycles. The number of aryl methyl sites for hydroxylation is 1. The summed E-state index contributed by atoms with van der Waals surface area (Å²) in [6, 6.07) is 10.8. The predicted molar refractivity (Wildman–Crippen MR) is 85.4 cm³/mol. The summed E-state index contributed by atoms with van der Waals surface area (Å²) in [6.45, 7) is 1.91. The van der Waals surface area contributed by atoms with E-state index in [0.29, 0.717) is 17.7 Å². The van der Waals surface area contributed by atoms with Crippen molar-refractivity contribution in [2.24, 2.45) is 0 Å². The molecule has 1 unspecified atom stereocenters. The first-order chi connectivity index (χ1) is 10.9. The Morgan fingerprint density at radius 2 is 1.91 bits per heavy atom. The van der Waals surface area contributed by atoms with Gasteiger partial charge in [-0.25, -0.2) is 0 Å². The first-order valence-corrected chi connectivity index (χ1v) is 8.60. The lowest BCUT2D eigenvalue weighted by Crippen LogP contribution is -2.12. The molecule has 122 valence electrons. The molecule has 2 aromatic carbocycles. The molecule has 0 N–H and O–H groups in total. The molecule has 1 atom stereocenters. The van der Waals surface area contributed by atoms with Crippen molar-refractivity contribution < 1.29 is 22.1 Å². The highest BCUT2D eigenvalue weighted by Gasteiger charge is 2.30. The minimum Gasteiger partial charge on any atom is -0.497 e. The second-order valence-electron chi connectivity index (χ2n) is 5.45. The second-order valence-corrected chi connectivity index (χ2v) is 7.13. The molecule has 6 heteroatoms. The topological polar surface area (TPSA) is 61.8 Å². The maximum Gasteiger partial charge on any atom is 0.297 e. The quantitative estimate of drug-likeness (QED) is 0.804. The van der Waals surface area contributed by atoms with Crippen molar-refractivity contribution in [2.45, 2.75) is 24.3 Å². The van der Waals surface area contributed by atoms with Crippen LogP contribution in [-0.2, 0) is 20.7 Å². The maximum atomic E-state index is 12.2. The Labute approximate surface area is 135 Å². The van der Waals surface area contributed by atoms with Crippen LogP contribution in [0.2, 0.25) is 0 Å². The molecule has 1 aliphatic rings. The van der Waals surface area contributed by atoms with Gasteiger partial charge in [-0.05, 0) is 24.6 Å². The minimum atomic E-state index is -3.79. The molecule has 0 aromatic heterocycles. The molecule has 0 spiro atoms. The fourth-order valence-electron chi connectivity index (χ4n) is 2.75. The van der Waals surface area contributed by atoms with Crippen LogP contribution < -0.4 is 9.47 Å². The van der Waals surface area contributed by atoms with Crippen molar-refractivity contribution >= 4 is 10.1 Å². The summed E-state index contributed by atoms with van der Waals surface area (Å²) in [5, 5.41) is 0. The predicted octanol–water partition coefficient (Wildman–Crippen LogP) is 3.01. The molecule has 2 aromatic rings. The smallest absolute Gasteiger partial charge is 0.297 e. The van der Waals surface area contributed by atoms with Gasteiger partial charge in [0, 0.05) is 18.1 Å². The number of rotatable bonds is 4. The first kappa shape index (κ1) is 15.8. The van der Waals surface area contributed by atoms with Gasteiger partial charge in [-0.1, -0.05) is 23.8 Å². The standard InChI is InChI=1S/C17H18O5S/c1-11-4-7-17(23(18,19)21-3)14(8-11)16-9-12-5-6-13(20-2)10-15(12)22-16/h4-8,10,16H,9H2,1-3H3. The van der Waals surface area contributed by atoms with Crippen molar-refractivity contribution in [3.63, 3.8) is 0 Å². The first-order valence-electron chi connectivity index (χ1n) is 7.19. The van der Waals surface area contributed by atoms with Gasteiger partial charge in [-0.2, -0.15) is 8.42 Å². The average molecular weight is 334 g/mol. The Morgan fingerprint density at radius 1 is 1.13 bits per heavy atom. The SMILES string of the molecule is COc1ccc2c(c1)OC(c1cc(C)ccc1S(=O)(=O)OC)C2. The van der Waals surface area contributed by atoms with Crippen LogP contribution in [0.15, 0.2) is 41.3 Å². The Bertz CT molecular complexity index is 842. The number of hydrogen-bond acceptors (Lipinski definition) is 5. The van der Waals surface area contributed by atoms with Crippen LogP contribution in [0.1, 0.15) is 22.8 Å². The van der Waals surface area contributed by atoms with E-state index in [-0.39, 0.29) is 11.0 Å². The van der Waals surface area contributed by atoms with E-state index in [4.69, 9.17) is 9.47 Å². The molecule has 0 aliphatic carbocycles. The highest BCUT2D eigenvalue weighted by Crippen LogP contribution is 2.40. The van der Waals surface area contributed by atoms with Crippen LogP contribution in [0.3, 0.4) is 0 Å². The monoisotopic (exact) mass is 334 g/mol. The summed E-state index contributed by atoms with van der Waals surface area (Å²) in [5.41, 5.74) is 2.60. The van der Waals surface area contributed by atoms with Crippen LogP contribution >= 0.6 is 0 Å². The Hall–Kier alpha value is -2.05. The summed E-state index contributed by atoms with van der Waals surface area (Å²) in [6.07, 6.45) is 0.242. The average Bonchev–Trinajstić information content (AvgIpc) is 2.97. The van der Waals surface area contributed by atoms with Gasteiger partial charge in [0.1, 0.15) is 22.5 Å². The van der Waals surface area contributed by atoms with Crippen molar-refractivity contribution in [1.82, 2.24) is 0 Å². The van der Waals surface area contributed by atoms with Crippen LogP contribution in [0.25, 0.3) is 0 Å². The lowest BCUT2D eigenvalue weighted by atomic mass is 10.0. The zero-order valence-corrected chi connectivity index (χ0v) is 14.0. The van der Waals surface area contributed by atoms with Gasteiger partial charge in [0.25, 0.3) is 10.1 Å². The lowest BCUT2D eigenvalue weighted by Gasteiger charge is -2.16. The Balaban J connectivity index is 2.02. The third-order valence-electron chi connectivity index (χ3n) is 3.95. The molecule has 3 rings (SSSR count). The molecule has 23 heavy (non-hydrogen) atoms. The largest absolute Gasteiger partial charge is 0.497 e. The van der Waals surface area contributed by atoms with E-state index in [2.05, 4.69) is 4.18 Å². The van der Waals surface area contributed by atoms with Crippen LogP contribution in [-0.4, -0.2) is 22.6 Å². The van der Waals surface area contributed by atoms with Gasteiger partial charge < -0.3 is 9.47 Å². The Morgan fingerprint density at radius 3 is 2.61 bits per heavy atom. The summed E-state index contributed by atoms with van der Waals surface area (Å²) in [7, 11) is -1.03. The fourth-order valence-corrected chi connectivity index (χ4v) is 3.64. The summed E-state index contributed by atoms with van der Waals surface area (Å²) >= 11 is 0. The molecule has 5 nitrogen and oxygen atoms in total. The van der Waals surface area contributed by atoms with Gasteiger partial charge in [-0.3, -0.25) is 4.18 Å². The molecule has 0 saturated carbocycles. The van der Waals surface area contributed by atoms with Gasteiger partial charge in [0.15, 0.2) is 0 Å². The zero-order chi connectivity index (χ0) is 16.6. The van der Waals surface area contributed by atoms with E-state index in [1.807, 2.05) is 31.2 Å². The number of ether oxygens (including phenoxy) is 2. The van der Waals surface area contributed by atoms with E-state index < -0.39 is 10.1 Å². The highest BCUT2D eigenvalue weighted by molar-refractivity contribution is 7.86. The van der Waals surface area contributed by atoms with Gasteiger partial charge in [0.05, 0.1) is 14.2 Å². The van der Waals surface area contributed by atoms with Crippen LogP contribution in [0.4, 0.5) is 0 Å². The third kappa shape index (κ3) is 2.92. The zero-order valence-electron chi connectivity index (χ0n) is 13.2. The van der Waals surface area contributed by atoms with Crippen LogP contribution in [0, 0.1) is 6.92 Å². The van der Waals surface area contributed by atoms with E-state index >= 15 is 0 Å².